The Labute approximate surface area is 184 Å². The fraction of sp³-hybridized carbons (Fsp3) is 0.273. The Balaban J connectivity index is 2.01. The normalized spacial score (nSPS) is 15.5. The summed E-state index contributed by atoms with van der Waals surface area (Å²) in [5, 5.41) is 16.8. The van der Waals surface area contributed by atoms with Gasteiger partial charge in [0.1, 0.15) is 6.61 Å². The number of nitro benzene ring substituents is 1. The molecule has 0 bridgehead atoms. The lowest BCUT2D eigenvalue weighted by Crippen LogP contribution is -2.45. The van der Waals surface area contributed by atoms with E-state index in [1.807, 2.05) is 30.3 Å². The van der Waals surface area contributed by atoms with Crippen molar-refractivity contribution in [2.24, 2.45) is 0 Å². The molecule has 2 amide bonds. The molecule has 0 aromatic heterocycles. The van der Waals surface area contributed by atoms with Crippen LogP contribution in [0.5, 0.6) is 11.5 Å². The topological polar surface area (TPSA) is 129 Å². The summed E-state index contributed by atoms with van der Waals surface area (Å²) in [5.41, 5.74) is 1.13. The van der Waals surface area contributed by atoms with Gasteiger partial charge in [-0.2, -0.15) is 0 Å². The van der Waals surface area contributed by atoms with Crippen molar-refractivity contribution in [1.82, 2.24) is 10.6 Å². The zero-order chi connectivity index (χ0) is 23.3. The third-order valence-electron chi connectivity index (χ3n) is 4.79. The highest BCUT2D eigenvalue weighted by molar-refractivity contribution is 5.95. The monoisotopic (exact) mass is 441 g/mol. The predicted octanol–water partition coefficient (Wildman–Crippen LogP) is 3.37. The van der Waals surface area contributed by atoms with Crippen molar-refractivity contribution in [3.63, 3.8) is 0 Å². The highest BCUT2D eigenvalue weighted by atomic mass is 16.6. The number of rotatable bonds is 8. The van der Waals surface area contributed by atoms with E-state index in [9.17, 15) is 19.7 Å². The number of carbonyl (C=O) groups excluding carboxylic acids is 2. The molecule has 0 saturated heterocycles. The van der Waals surface area contributed by atoms with E-state index in [4.69, 9.17) is 14.2 Å². The summed E-state index contributed by atoms with van der Waals surface area (Å²) >= 11 is 0. The van der Waals surface area contributed by atoms with Gasteiger partial charge in [-0.1, -0.05) is 30.3 Å². The van der Waals surface area contributed by atoms with Gasteiger partial charge < -0.3 is 24.8 Å². The molecule has 168 valence electrons. The van der Waals surface area contributed by atoms with Crippen LogP contribution in [0.4, 0.5) is 10.5 Å². The Kier molecular flexibility index (Phi) is 6.93. The van der Waals surface area contributed by atoms with Crippen molar-refractivity contribution in [1.29, 1.82) is 0 Å². The second-order valence-electron chi connectivity index (χ2n) is 6.89. The molecule has 0 saturated carbocycles. The molecule has 0 spiro atoms. The highest BCUT2D eigenvalue weighted by Crippen LogP contribution is 2.41. The van der Waals surface area contributed by atoms with Crippen LogP contribution in [-0.4, -0.2) is 30.6 Å². The summed E-state index contributed by atoms with van der Waals surface area (Å²) in [6.45, 7) is 3.55. The van der Waals surface area contributed by atoms with Gasteiger partial charge in [-0.25, -0.2) is 9.59 Å². The zero-order valence-electron chi connectivity index (χ0n) is 17.8. The zero-order valence-corrected chi connectivity index (χ0v) is 17.8. The molecule has 10 nitrogen and oxygen atoms in total. The summed E-state index contributed by atoms with van der Waals surface area (Å²) < 4.78 is 16.1. The molecule has 1 aliphatic heterocycles. The second-order valence-corrected chi connectivity index (χ2v) is 6.89. The fourth-order valence-corrected chi connectivity index (χ4v) is 3.39. The number of esters is 1. The predicted molar refractivity (Wildman–Crippen MR) is 114 cm³/mol. The van der Waals surface area contributed by atoms with Crippen LogP contribution in [0.15, 0.2) is 53.7 Å². The van der Waals surface area contributed by atoms with Gasteiger partial charge in [0.05, 0.1) is 30.3 Å². The summed E-state index contributed by atoms with van der Waals surface area (Å²) in [7, 11) is 1.30. The first-order chi connectivity index (χ1) is 15.3. The van der Waals surface area contributed by atoms with Gasteiger partial charge in [0.2, 0.25) is 5.75 Å². The molecule has 3 rings (SSSR count). The van der Waals surface area contributed by atoms with Gasteiger partial charge in [0, 0.05) is 11.8 Å². The van der Waals surface area contributed by atoms with E-state index in [0.29, 0.717) is 0 Å². The molecule has 32 heavy (non-hydrogen) atoms. The van der Waals surface area contributed by atoms with Crippen molar-refractivity contribution < 1.29 is 28.7 Å². The van der Waals surface area contributed by atoms with Crippen LogP contribution < -0.4 is 20.1 Å². The molecular weight excluding hydrogens is 418 g/mol. The molecule has 2 N–H and O–H groups in total. The number of nitrogens with zero attached hydrogens (tertiary/aromatic N) is 1. The third kappa shape index (κ3) is 4.80. The molecule has 2 aromatic rings. The van der Waals surface area contributed by atoms with Crippen molar-refractivity contribution in [2.45, 2.75) is 26.5 Å². The minimum Gasteiger partial charge on any atom is -0.490 e. The Bertz CT molecular complexity index is 1070. The van der Waals surface area contributed by atoms with E-state index in [2.05, 4.69) is 10.6 Å². The van der Waals surface area contributed by atoms with E-state index in [-0.39, 0.29) is 47.2 Å². The number of benzene rings is 2. The SMILES string of the molecule is CCOc1cc(C2NC(=O)NC(C)=C2C(=O)OCc2ccccc2)cc([N+](=O)[O-])c1OC. The summed E-state index contributed by atoms with van der Waals surface area (Å²) in [4.78, 5) is 36.2. The summed E-state index contributed by atoms with van der Waals surface area (Å²) in [5.74, 6) is -0.586. The Morgan fingerprint density at radius 3 is 2.56 bits per heavy atom. The number of nitro groups is 1. The maximum Gasteiger partial charge on any atom is 0.338 e. The number of methoxy groups -OCH3 is 1. The van der Waals surface area contributed by atoms with Crippen LogP contribution in [0, 0.1) is 10.1 Å². The number of nitrogens with one attached hydrogen (secondary N) is 2. The quantitative estimate of drug-likeness (QED) is 0.365. The number of urea groups is 1. The van der Waals surface area contributed by atoms with Gasteiger partial charge in [0.15, 0.2) is 5.75 Å². The number of hydrogen-bond donors (Lipinski definition) is 2. The summed E-state index contributed by atoms with van der Waals surface area (Å²) in [6, 6.07) is 10.3. The standard InChI is InChI=1S/C22H23N3O7/c1-4-31-17-11-15(10-16(25(28)29)20(17)30-3)19-18(13(2)23-22(27)24-19)21(26)32-12-14-8-6-5-7-9-14/h5-11,19H,4,12H2,1-3H3,(H2,23,24,27). The van der Waals surface area contributed by atoms with E-state index >= 15 is 0 Å². The molecule has 0 fully saturated rings. The average Bonchev–Trinajstić information content (AvgIpc) is 2.77. The molecule has 2 aromatic carbocycles. The molecule has 1 aliphatic rings. The Hall–Kier alpha value is -4.08. The van der Waals surface area contributed by atoms with Crippen LogP contribution in [0.1, 0.15) is 31.0 Å². The van der Waals surface area contributed by atoms with Crippen LogP contribution in [0.25, 0.3) is 0 Å². The molecule has 0 aliphatic carbocycles. The maximum atomic E-state index is 13.0. The lowest BCUT2D eigenvalue weighted by atomic mass is 9.94. The number of allylic oxidation sites excluding steroid dienone is 1. The molecular formula is C22H23N3O7. The second kappa shape index (κ2) is 9.82. The third-order valence-corrected chi connectivity index (χ3v) is 4.79. The van der Waals surface area contributed by atoms with E-state index in [1.54, 1.807) is 13.8 Å². The summed E-state index contributed by atoms with van der Waals surface area (Å²) in [6.07, 6.45) is 0. The average molecular weight is 441 g/mol. The van der Waals surface area contributed by atoms with E-state index in [1.165, 1.54) is 19.2 Å². The number of amides is 2. The van der Waals surface area contributed by atoms with Crippen LogP contribution >= 0.6 is 0 Å². The van der Waals surface area contributed by atoms with Gasteiger partial charge in [-0.05, 0) is 31.0 Å². The van der Waals surface area contributed by atoms with E-state index < -0.39 is 23.0 Å². The van der Waals surface area contributed by atoms with Gasteiger partial charge >= 0.3 is 17.7 Å². The van der Waals surface area contributed by atoms with Gasteiger partial charge in [-0.3, -0.25) is 10.1 Å². The maximum absolute atomic E-state index is 13.0. The smallest absolute Gasteiger partial charge is 0.338 e. The van der Waals surface area contributed by atoms with Crippen LogP contribution in [0.3, 0.4) is 0 Å². The molecule has 1 heterocycles. The largest absolute Gasteiger partial charge is 0.490 e. The van der Waals surface area contributed by atoms with Crippen LogP contribution in [0.2, 0.25) is 0 Å². The van der Waals surface area contributed by atoms with E-state index in [0.717, 1.165) is 5.56 Å². The first-order valence-electron chi connectivity index (χ1n) is 9.84. The number of hydrogen-bond acceptors (Lipinski definition) is 7. The Morgan fingerprint density at radius 2 is 1.94 bits per heavy atom. The fourth-order valence-electron chi connectivity index (χ4n) is 3.39. The molecule has 0 radical (unpaired) electrons. The van der Waals surface area contributed by atoms with Gasteiger partial charge in [0.25, 0.3) is 0 Å². The minimum atomic E-state index is -0.990. The van der Waals surface area contributed by atoms with Crippen LogP contribution in [-0.2, 0) is 16.1 Å². The van der Waals surface area contributed by atoms with Crippen molar-refractivity contribution in [3.05, 3.63) is 75.0 Å². The number of carbonyl (C=O) groups is 2. The van der Waals surface area contributed by atoms with Gasteiger partial charge in [-0.15, -0.1) is 0 Å². The molecule has 1 unspecified atom stereocenters. The lowest BCUT2D eigenvalue weighted by molar-refractivity contribution is -0.385. The minimum absolute atomic E-state index is 0.0318. The van der Waals surface area contributed by atoms with Crippen molar-refractivity contribution >= 4 is 17.7 Å². The first-order valence-corrected chi connectivity index (χ1v) is 9.84. The highest BCUT2D eigenvalue weighted by Gasteiger charge is 2.35. The Morgan fingerprint density at radius 1 is 1.22 bits per heavy atom. The first kappa shape index (κ1) is 22.6. The number of ether oxygens (including phenoxy) is 3. The van der Waals surface area contributed by atoms with Crippen molar-refractivity contribution in [3.8, 4) is 11.5 Å². The molecule has 10 heteroatoms. The van der Waals surface area contributed by atoms with Crippen molar-refractivity contribution in [2.75, 3.05) is 13.7 Å². The lowest BCUT2D eigenvalue weighted by Gasteiger charge is -2.28. The molecule has 1 atom stereocenters.